The van der Waals surface area contributed by atoms with Gasteiger partial charge in [0, 0.05) is 13.1 Å². The third kappa shape index (κ3) is 6.41. The highest BCUT2D eigenvalue weighted by molar-refractivity contribution is 5.88. The van der Waals surface area contributed by atoms with Crippen LogP contribution in [-0.2, 0) is 22.6 Å². The molecule has 0 aliphatic rings. The second-order valence-electron chi connectivity index (χ2n) is 7.35. The molecule has 0 aromatic heterocycles. The first-order valence-electron chi connectivity index (χ1n) is 9.64. The van der Waals surface area contributed by atoms with E-state index in [1.54, 1.807) is 18.9 Å². The van der Waals surface area contributed by atoms with E-state index in [9.17, 15) is 9.59 Å². The summed E-state index contributed by atoms with van der Waals surface area (Å²) in [5, 5.41) is 2.93. The molecule has 0 heterocycles. The van der Waals surface area contributed by atoms with Gasteiger partial charge in [-0.15, -0.1) is 0 Å². The third-order valence-corrected chi connectivity index (χ3v) is 4.54. The van der Waals surface area contributed by atoms with Crippen LogP contribution in [-0.4, -0.2) is 36.4 Å². The third-order valence-electron chi connectivity index (χ3n) is 4.54. The van der Waals surface area contributed by atoms with E-state index in [0.717, 1.165) is 16.9 Å². The number of methoxy groups -OCH3 is 1. The molecule has 5 nitrogen and oxygen atoms in total. The Morgan fingerprint density at radius 3 is 2.32 bits per heavy atom. The van der Waals surface area contributed by atoms with Crippen molar-refractivity contribution in [1.82, 2.24) is 10.2 Å². The Kier molecular flexibility index (Phi) is 8.05. The van der Waals surface area contributed by atoms with E-state index in [2.05, 4.69) is 5.32 Å². The Bertz CT molecular complexity index is 774. The highest BCUT2D eigenvalue weighted by atomic mass is 16.5. The van der Waals surface area contributed by atoms with Gasteiger partial charge in [-0.25, -0.2) is 0 Å². The predicted octanol–water partition coefficient (Wildman–Crippen LogP) is 3.43. The van der Waals surface area contributed by atoms with Crippen molar-refractivity contribution in [2.75, 3.05) is 13.7 Å². The van der Waals surface area contributed by atoms with Gasteiger partial charge in [-0.1, -0.05) is 56.3 Å². The van der Waals surface area contributed by atoms with Crippen molar-refractivity contribution < 1.29 is 14.3 Å². The molecule has 2 amide bonds. The average molecular weight is 383 g/mol. The Hall–Kier alpha value is -2.82. The van der Waals surface area contributed by atoms with Crippen LogP contribution in [0.1, 0.15) is 31.9 Å². The van der Waals surface area contributed by atoms with Gasteiger partial charge in [0.2, 0.25) is 11.8 Å². The molecule has 1 atom stereocenters. The maximum Gasteiger partial charge on any atom is 0.242 e. The molecule has 0 bridgehead atoms. The molecule has 1 unspecified atom stereocenters. The monoisotopic (exact) mass is 382 g/mol. The smallest absolute Gasteiger partial charge is 0.242 e. The summed E-state index contributed by atoms with van der Waals surface area (Å²) in [7, 11) is 1.61. The number of ether oxygens (including phenoxy) is 1. The number of rotatable bonds is 9. The van der Waals surface area contributed by atoms with Gasteiger partial charge in [0.1, 0.15) is 11.8 Å². The SMILES string of the molecule is COc1cccc(CN(C(=O)Cc2ccccc2)C(C)C(=O)NCC(C)C)c1. The predicted molar refractivity (Wildman–Crippen MR) is 111 cm³/mol. The molecule has 0 saturated carbocycles. The minimum absolute atomic E-state index is 0.0822. The van der Waals surface area contributed by atoms with E-state index in [1.165, 1.54) is 0 Å². The summed E-state index contributed by atoms with van der Waals surface area (Å²) in [4.78, 5) is 27.3. The van der Waals surface area contributed by atoms with Crippen LogP contribution in [0.15, 0.2) is 54.6 Å². The minimum atomic E-state index is -0.568. The molecule has 1 N–H and O–H groups in total. The van der Waals surface area contributed by atoms with Gasteiger partial charge < -0.3 is 15.0 Å². The molecule has 2 rings (SSSR count). The van der Waals surface area contributed by atoms with Crippen molar-refractivity contribution in [3.8, 4) is 5.75 Å². The van der Waals surface area contributed by atoms with E-state index in [4.69, 9.17) is 4.74 Å². The Morgan fingerprint density at radius 1 is 1.00 bits per heavy atom. The van der Waals surface area contributed by atoms with Gasteiger partial charge >= 0.3 is 0 Å². The first-order chi connectivity index (χ1) is 13.4. The molecule has 2 aromatic rings. The van der Waals surface area contributed by atoms with Crippen molar-refractivity contribution >= 4 is 11.8 Å². The lowest BCUT2D eigenvalue weighted by Gasteiger charge is -2.29. The molecule has 150 valence electrons. The number of nitrogens with one attached hydrogen (secondary N) is 1. The van der Waals surface area contributed by atoms with Gasteiger partial charge in [-0.05, 0) is 36.1 Å². The molecular formula is C23H30N2O3. The summed E-state index contributed by atoms with van der Waals surface area (Å²) in [6, 6.07) is 16.6. The molecule has 28 heavy (non-hydrogen) atoms. The number of carbonyl (C=O) groups is 2. The van der Waals surface area contributed by atoms with Crippen LogP contribution in [0.5, 0.6) is 5.75 Å². The summed E-state index contributed by atoms with van der Waals surface area (Å²) < 4.78 is 5.28. The van der Waals surface area contributed by atoms with Gasteiger partial charge in [0.25, 0.3) is 0 Å². The van der Waals surface area contributed by atoms with Gasteiger partial charge in [0.05, 0.1) is 13.5 Å². The fraction of sp³-hybridized carbons (Fsp3) is 0.391. The zero-order chi connectivity index (χ0) is 20.5. The Labute approximate surface area is 167 Å². The first kappa shape index (κ1) is 21.5. The lowest BCUT2D eigenvalue weighted by molar-refractivity contribution is -0.140. The van der Waals surface area contributed by atoms with Gasteiger partial charge in [-0.3, -0.25) is 9.59 Å². The van der Waals surface area contributed by atoms with Crippen LogP contribution in [0.3, 0.4) is 0 Å². The lowest BCUT2D eigenvalue weighted by atomic mass is 10.1. The topological polar surface area (TPSA) is 58.6 Å². The van der Waals surface area contributed by atoms with Crippen molar-refractivity contribution in [3.05, 3.63) is 65.7 Å². The number of nitrogens with zero attached hydrogens (tertiary/aromatic N) is 1. The molecule has 0 radical (unpaired) electrons. The highest BCUT2D eigenvalue weighted by Gasteiger charge is 2.26. The fourth-order valence-corrected chi connectivity index (χ4v) is 2.87. The second-order valence-corrected chi connectivity index (χ2v) is 7.35. The van der Waals surface area contributed by atoms with Gasteiger partial charge in [-0.2, -0.15) is 0 Å². The summed E-state index contributed by atoms with van der Waals surface area (Å²) in [5.41, 5.74) is 1.85. The summed E-state index contributed by atoms with van der Waals surface area (Å²) in [5.74, 6) is 0.854. The minimum Gasteiger partial charge on any atom is -0.497 e. The first-order valence-corrected chi connectivity index (χ1v) is 9.64. The van der Waals surface area contributed by atoms with Crippen LogP contribution in [0, 0.1) is 5.92 Å². The molecule has 0 saturated heterocycles. The second kappa shape index (κ2) is 10.5. The molecule has 5 heteroatoms. The van der Waals surface area contributed by atoms with Gasteiger partial charge in [0.15, 0.2) is 0 Å². The lowest BCUT2D eigenvalue weighted by Crippen LogP contribution is -2.48. The maximum absolute atomic E-state index is 13.1. The standard InChI is InChI=1S/C23H30N2O3/c1-17(2)15-24-23(27)18(3)25(16-20-11-8-12-21(13-20)28-4)22(26)14-19-9-6-5-7-10-19/h5-13,17-18H,14-16H2,1-4H3,(H,24,27). The van der Waals surface area contributed by atoms with Crippen LogP contribution in [0.25, 0.3) is 0 Å². The zero-order valence-corrected chi connectivity index (χ0v) is 17.1. The number of hydrogen-bond acceptors (Lipinski definition) is 3. The van der Waals surface area contributed by atoms with Crippen LogP contribution < -0.4 is 10.1 Å². The quantitative estimate of drug-likeness (QED) is 0.723. The number of benzene rings is 2. The van der Waals surface area contributed by atoms with Crippen LogP contribution >= 0.6 is 0 Å². The van der Waals surface area contributed by atoms with E-state index in [1.807, 2.05) is 68.4 Å². The van der Waals surface area contributed by atoms with Crippen molar-refractivity contribution in [3.63, 3.8) is 0 Å². The molecule has 2 aromatic carbocycles. The molecule has 0 spiro atoms. The van der Waals surface area contributed by atoms with E-state index < -0.39 is 6.04 Å². The van der Waals surface area contributed by atoms with E-state index >= 15 is 0 Å². The number of carbonyl (C=O) groups excluding carboxylic acids is 2. The summed E-state index contributed by atoms with van der Waals surface area (Å²) in [6.45, 7) is 6.79. The van der Waals surface area contributed by atoms with E-state index in [-0.39, 0.29) is 18.2 Å². The normalized spacial score (nSPS) is 11.8. The average Bonchev–Trinajstić information content (AvgIpc) is 2.70. The summed E-state index contributed by atoms with van der Waals surface area (Å²) in [6.07, 6.45) is 0.257. The van der Waals surface area contributed by atoms with Crippen LogP contribution in [0.2, 0.25) is 0 Å². The molecule has 0 aliphatic carbocycles. The van der Waals surface area contributed by atoms with E-state index in [0.29, 0.717) is 19.0 Å². The Morgan fingerprint density at radius 2 is 1.68 bits per heavy atom. The molecule has 0 fully saturated rings. The largest absolute Gasteiger partial charge is 0.497 e. The van der Waals surface area contributed by atoms with Crippen LogP contribution in [0.4, 0.5) is 0 Å². The maximum atomic E-state index is 13.1. The summed E-state index contributed by atoms with van der Waals surface area (Å²) >= 11 is 0. The Balaban J connectivity index is 2.20. The molecule has 0 aliphatic heterocycles. The fourth-order valence-electron chi connectivity index (χ4n) is 2.87. The van der Waals surface area contributed by atoms with Crippen molar-refractivity contribution in [2.24, 2.45) is 5.92 Å². The van der Waals surface area contributed by atoms with Crippen molar-refractivity contribution in [1.29, 1.82) is 0 Å². The zero-order valence-electron chi connectivity index (χ0n) is 17.1. The number of amides is 2. The molecular weight excluding hydrogens is 352 g/mol. The highest BCUT2D eigenvalue weighted by Crippen LogP contribution is 2.17. The number of hydrogen-bond donors (Lipinski definition) is 1. The van der Waals surface area contributed by atoms with Crippen molar-refractivity contribution in [2.45, 2.75) is 39.8 Å².